The number of hydrogen-bond donors (Lipinski definition) is 0. The number of hydrogen-bond acceptors (Lipinski definition) is 6. The van der Waals surface area contributed by atoms with Gasteiger partial charge in [-0.3, -0.25) is 4.79 Å². The second-order valence-electron chi connectivity index (χ2n) is 5.85. The number of aromatic nitrogens is 2. The van der Waals surface area contributed by atoms with Crippen molar-refractivity contribution < 1.29 is 9.21 Å². The van der Waals surface area contributed by atoms with Crippen LogP contribution in [0.25, 0.3) is 10.8 Å². The van der Waals surface area contributed by atoms with Gasteiger partial charge in [-0.15, -0.1) is 21.5 Å². The summed E-state index contributed by atoms with van der Waals surface area (Å²) >= 11 is 2.89. The van der Waals surface area contributed by atoms with E-state index in [9.17, 15) is 4.79 Å². The van der Waals surface area contributed by atoms with E-state index in [-0.39, 0.29) is 11.2 Å². The molecule has 1 unspecified atom stereocenters. The van der Waals surface area contributed by atoms with Gasteiger partial charge in [0.15, 0.2) is 0 Å². The molecule has 1 atom stereocenters. The summed E-state index contributed by atoms with van der Waals surface area (Å²) in [4.78, 5) is 15.5. The van der Waals surface area contributed by atoms with Gasteiger partial charge >= 0.3 is 0 Å². The lowest BCUT2D eigenvalue weighted by Crippen LogP contribution is -2.42. The minimum atomic E-state index is -0.224. The first kappa shape index (κ1) is 16.5. The smallest absolute Gasteiger partial charge is 0.277 e. The van der Waals surface area contributed by atoms with Crippen LogP contribution in [-0.4, -0.2) is 39.3 Å². The topological polar surface area (TPSA) is 59.2 Å². The molecule has 0 saturated heterocycles. The minimum absolute atomic E-state index is 0.137. The molecule has 1 amide bonds. The molecule has 3 rings (SSSR count). The molecule has 1 aliphatic carbocycles. The summed E-state index contributed by atoms with van der Waals surface area (Å²) in [5.74, 6) is 0.653. The van der Waals surface area contributed by atoms with Crippen LogP contribution in [0.1, 0.15) is 39.0 Å². The SMILES string of the molecule is CC(Sc1nnc(-c2cccs2)o1)C(=O)N(C)C1CCCCC1. The standard InChI is InChI=1S/C16H21N3O2S2/c1-11(15(20)19(2)12-7-4-3-5-8-12)23-16-18-17-14(21-16)13-9-6-10-22-13/h6,9-12H,3-5,7-8H2,1-2H3. The second-order valence-corrected chi connectivity index (χ2v) is 8.09. The number of rotatable bonds is 5. The van der Waals surface area contributed by atoms with Crippen molar-refractivity contribution in [1.29, 1.82) is 0 Å². The maximum atomic E-state index is 12.6. The molecule has 124 valence electrons. The third-order valence-corrected chi connectivity index (χ3v) is 6.01. The van der Waals surface area contributed by atoms with Gasteiger partial charge in [-0.25, -0.2) is 0 Å². The lowest BCUT2D eigenvalue weighted by atomic mass is 9.94. The molecular weight excluding hydrogens is 330 g/mol. The van der Waals surface area contributed by atoms with Crippen LogP contribution in [0.3, 0.4) is 0 Å². The van der Waals surface area contributed by atoms with E-state index in [0.717, 1.165) is 17.7 Å². The van der Waals surface area contributed by atoms with E-state index in [1.54, 1.807) is 11.3 Å². The van der Waals surface area contributed by atoms with Crippen molar-refractivity contribution in [2.75, 3.05) is 7.05 Å². The zero-order valence-electron chi connectivity index (χ0n) is 13.4. The molecule has 0 aliphatic heterocycles. The predicted octanol–water partition coefficient (Wildman–Crippen LogP) is 4.07. The Morgan fingerprint density at radius 2 is 2.17 bits per heavy atom. The van der Waals surface area contributed by atoms with Crippen LogP contribution in [0, 0.1) is 0 Å². The molecular formula is C16H21N3O2S2. The molecule has 1 aliphatic rings. The molecule has 5 nitrogen and oxygen atoms in total. The Labute approximate surface area is 144 Å². The first-order valence-electron chi connectivity index (χ1n) is 7.96. The Morgan fingerprint density at radius 3 is 2.87 bits per heavy atom. The lowest BCUT2D eigenvalue weighted by Gasteiger charge is -2.32. The van der Waals surface area contributed by atoms with E-state index in [0.29, 0.717) is 17.2 Å². The lowest BCUT2D eigenvalue weighted by molar-refractivity contribution is -0.131. The molecule has 23 heavy (non-hydrogen) atoms. The minimum Gasteiger partial charge on any atom is -0.410 e. The monoisotopic (exact) mass is 351 g/mol. The van der Waals surface area contributed by atoms with Crippen LogP contribution < -0.4 is 0 Å². The van der Waals surface area contributed by atoms with Crippen molar-refractivity contribution in [1.82, 2.24) is 15.1 Å². The van der Waals surface area contributed by atoms with E-state index < -0.39 is 0 Å². The Bertz CT molecular complexity index is 636. The van der Waals surface area contributed by atoms with Gasteiger partial charge in [-0.05, 0) is 31.2 Å². The van der Waals surface area contributed by atoms with Crippen molar-refractivity contribution >= 4 is 29.0 Å². The first-order valence-corrected chi connectivity index (χ1v) is 9.72. The summed E-state index contributed by atoms with van der Waals surface area (Å²) in [5, 5.41) is 10.3. The average molecular weight is 351 g/mol. The number of nitrogens with zero attached hydrogens (tertiary/aromatic N) is 3. The molecule has 0 radical (unpaired) electrons. The van der Waals surface area contributed by atoms with Crippen LogP contribution in [0.5, 0.6) is 0 Å². The normalized spacial score (nSPS) is 17.1. The van der Waals surface area contributed by atoms with Crippen LogP contribution in [0.15, 0.2) is 27.2 Å². The van der Waals surface area contributed by atoms with E-state index in [4.69, 9.17) is 4.42 Å². The van der Waals surface area contributed by atoms with Crippen LogP contribution in [0.4, 0.5) is 0 Å². The molecule has 2 heterocycles. The molecule has 0 bridgehead atoms. The zero-order valence-corrected chi connectivity index (χ0v) is 15.0. The number of carbonyl (C=O) groups excluding carboxylic acids is 1. The third kappa shape index (κ3) is 3.95. The molecule has 0 aromatic carbocycles. The Kier molecular flexibility index (Phi) is 5.38. The molecule has 0 spiro atoms. The van der Waals surface area contributed by atoms with Gasteiger partial charge in [0.25, 0.3) is 11.1 Å². The Morgan fingerprint density at radius 1 is 1.39 bits per heavy atom. The van der Waals surface area contributed by atoms with Crippen LogP contribution in [0.2, 0.25) is 0 Å². The number of thioether (sulfide) groups is 1. The molecule has 1 fully saturated rings. The van der Waals surface area contributed by atoms with Crippen molar-refractivity contribution in [2.24, 2.45) is 0 Å². The first-order chi connectivity index (χ1) is 11.1. The molecule has 0 N–H and O–H groups in total. The van der Waals surface area contributed by atoms with Gasteiger partial charge in [0, 0.05) is 13.1 Å². The molecule has 7 heteroatoms. The largest absolute Gasteiger partial charge is 0.410 e. The zero-order chi connectivity index (χ0) is 16.2. The van der Waals surface area contributed by atoms with E-state index in [1.165, 1.54) is 31.0 Å². The van der Waals surface area contributed by atoms with Crippen molar-refractivity contribution in [3.8, 4) is 10.8 Å². The van der Waals surface area contributed by atoms with Gasteiger partial charge in [-0.1, -0.05) is 37.1 Å². The van der Waals surface area contributed by atoms with E-state index in [1.807, 2.05) is 36.4 Å². The van der Waals surface area contributed by atoms with Gasteiger partial charge in [0.1, 0.15) is 0 Å². The fourth-order valence-corrected chi connectivity index (χ4v) is 4.32. The Hall–Kier alpha value is -1.34. The number of carbonyl (C=O) groups is 1. The predicted molar refractivity (Wildman–Crippen MR) is 92.6 cm³/mol. The van der Waals surface area contributed by atoms with Crippen molar-refractivity contribution in [3.63, 3.8) is 0 Å². The van der Waals surface area contributed by atoms with Crippen LogP contribution >= 0.6 is 23.1 Å². The summed E-state index contributed by atoms with van der Waals surface area (Å²) in [7, 11) is 1.92. The summed E-state index contributed by atoms with van der Waals surface area (Å²) in [5.41, 5.74) is 0. The van der Waals surface area contributed by atoms with Crippen molar-refractivity contribution in [2.45, 2.75) is 55.5 Å². The molecule has 2 aromatic rings. The maximum Gasteiger partial charge on any atom is 0.277 e. The summed E-state index contributed by atoms with van der Waals surface area (Å²) in [6, 6.07) is 4.27. The van der Waals surface area contributed by atoms with E-state index >= 15 is 0 Å². The van der Waals surface area contributed by atoms with Crippen LogP contribution in [-0.2, 0) is 4.79 Å². The molecule has 2 aromatic heterocycles. The third-order valence-electron chi connectivity index (χ3n) is 4.23. The number of thiophene rings is 1. The highest BCUT2D eigenvalue weighted by atomic mass is 32.2. The quantitative estimate of drug-likeness (QED) is 0.760. The van der Waals surface area contributed by atoms with Crippen molar-refractivity contribution in [3.05, 3.63) is 17.5 Å². The van der Waals surface area contributed by atoms with Gasteiger partial charge in [0.2, 0.25) is 5.91 Å². The number of amides is 1. The highest BCUT2D eigenvalue weighted by molar-refractivity contribution is 8.00. The fourth-order valence-electron chi connectivity index (χ4n) is 2.89. The van der Waals surface area contributed by atoms with Gasteiger partial charge in [-0.2, -0.15) is 0 Å². The maximum absolute atomic E-state index is 12.6. The highest BCUT2D eigenvalue weighted by Gasteiger charge is 2.27. The Balaban J connectivity index is 1.59. The second kappa shape index (κ2) is 7.49. The van der Waals surface area contributed by atoms with Gasteiger partial charge < -0.3 is 9.32 Å². The average Bonchev–Trinajstić information content (AvgIpc) is 3.25. The summed E-state index contributed by atoms with van der Waals surface area (Å²) in [6.45, 7) is 1.90. The van der Waals surface area contributed by atoms with E-state index in [2.05, 4.69) is 10.2 Å². The summed E-state index contributed by atoms with van der Waals surface area (Å²) < 4.78 is 5.65. The summed E-state index contributed by atoms with van der Waals surface area (Å²) in [6.07, 6.45) is 5.96. The van der Waals surface area contributed by atoms with Gasteiger partial charge in [0.05, 0.1) is 10.1 Å². The highest BCUT2D eigenvalue weighted by Crippen LogP contribution is 2.30. The molecule has 1 saturated carbocycles. The fraction of sp³-hybridized carbons (Fsp3) is 0.562.